The number of rotatable bonds is 35. The quantitative estimate of drug-likeness (QED) is 0.0295. The smallest absolute Gasteiger partial charge is 0.268 e. The minimum atomic E-state index is -4.58. The summed E-state index contributed by atoms with van der Waals surface area (Å²) in [6.07, 6.45) is 35.0. The molecule has 48 heavy (non-hydrogen) atoms. The fourth-order valence-corrected chi connectivity index (χ4v) is 6.18. The third kappa shape index (κ3) is 33.5. The Kier molecular flexibility index (Phi) is 31.2. The molecular weight excluding hydrogens is 623 g/mol. The number of likely N-dealkylation sites (N-methyl/N-ethyl adjacent to an activating group) is 1. The van der Waals surface area contributed by atoms with Gasteiger partial charge >= 0.3 is 0 Å². The van der Waals surface area contributed by atoms with Crippen molar-refractivity contribution >= 4 is 13.7 Å². The summed E-state index contributed by atoms with van der Waals surface area (Å²) in [5, 5.41) is 13.7. The molecule has 0 saturated heterocycles. The number of carbonyl (C=O) groups excluding carboxylic acids is 1. The maximum atomic E-state index is 12.8. The van der Waals surface area contributed by atoms with Crippen LogP contribution in [0.4, 0.5) is 0 Å². The lowest BCUT2D eigenvalue weighted by Gasteiger charge is -2.29. The highest BCUT2D eigenvalue weighted by Crippen LogP contribution is 2.38. The van der Waals surface area contributed by atoms with Crippen LogP contribution in [0.2, 0.25) is 0 Å². The summed E-state index contributed by atoms with van der Waals surface area (Å²) in [5.41, 5.74) is 0. The predicted octanol–water partition coefficient (Wildman–Crippen LogP) is 9.55. The van der Waals surface area contributed by atoms with Crippen LogP contribution in [0, 0.1) is 0 Å². The number of nitrogens with zero attached hydrogens (tertiary/aromatic N) is 1. The molecule has 1 unspecified atom stereocenters. The lowest BCUT2D eigenvalue weighted by Crippen LogP contribution is -2.45. The average molecular weight is 701 g/mol. The van der Waals surface area contributed by atoms with Crippen molar-refractivity contribution in [1.82, 2.24) is 5.32 Å². The third-order valence-corrected chi connectivity index (χ3v) is 9.63. The molecule has 2 N–H and O–H groups in total. The molecule has 0 aliphatic carbocycles. The Labute approximate surface area is 296 Å². The van der Waals surface area contributed by atoms with Gasteiger partial charge in [-0.1, -0.05) is 154 Å². The summed E-state index contributed by atoms with van der Waals surface area (Å²) in [6.45, 7) is 4.59. The van der Waals surface area contributed by atoms with Gasteiger partial charge in [0.2, 0.25) is 5.91 Å². The van der Waals surface area contributed by atoms with E-state index in [1.165, 1.54) is 109 Å². The number of carbonyl (C=O) groups is 1. The molecular formula is C39H77N2O6P. The molecule has 0 fully saturated rings. The number of aliphatic hydroxyl groups excluding tert-OH is 1. The summed E-state index contributed by atoms with van der Waals surface area (Å²) in [7, 11) is 1.24. The SMILES string of the molecule is CCCCCCCCC/C=C/CC/C=C/[C@H](O)[C@@H](COP(=O)([O-])OCC[N+](C)(C)C)NC(=O)CCCCCCCCCCCCCCC. The monoisotopic (exact) mass is 701 g/mol. The van der Waals surface area contributed by atoms with Gasteiger partial charge in [-0.25, -0.2) is 0 Å². The van der Waals surface area contributed by atoms with Crippen LogP contribution in [-0.4, -0.2) is 68.5 Å². The Morgan fingerprint density at radius 1 is 0.708 bits per heavy atom. The second kappa shape index (κ2) is 31.9. The number of quaternary nitrogens is 1. The van der Waals surface area contributed by atoms with Gasteiger partial charge in [0.25, 0.3) is 7.82 Å². The molecule has 0 aliphatic heterocycles. The zero-order valence-corrected chi connectivity index (χ0v) is 32.8. The number of amides is 1. The lowest BCUT2D eigenvalue weighted by atomic mass is 10.0. The summed E-state index contributed by atoms with van der Waals surface area (Å²) < 4.78 is 23.1. The number of unbranched alkanes of at least 4 members (excludes halogenated alkanes) is 20. The van der Waals surface area contributed by atoms with Gasteiger partial charge in [-0.05, 0) is 32.1 Å². The van der Waals surface area contributed by atoms with E-state index in [0.29, 0.717) is 17.4 Å². The first-order chi connectivity index (χ1) is 23.0. The molecule has 0 aliphatic rings. The van der Waals surface area contributed by atoms with Crippen molar-refractivity contribution in [3.05, 3.63) is 24.3 Å². The fourth-order valence-electron chi connectivity index (χ4n) is 5.46. The zero-order chi connectivity index (χ0) is 35.8. The fraction of sp³-hybridized carbons (Fsp3) is 0.872. The topological polar surface area (TPSA) is 108 Å². The van der Waals surface area contributed by atoms with Crippen LogP contribution in [0.25, 0.3) is 0 Å². The lowest BCUT2D eigenvalue weighted by molar-refractivity contribution is -0.870. The van der Waals surface area contributed by atoms with E-state index in [1.54, 1.807) is 6.08 Å². The van der Waals surface area contributed by atoms with Crippen LogP contribution in [0.5, 0.6) is 0 Å². The number of nitrogens with one attached hydrogen (secondary N) is 1. The summed E-state index contributed by atoms with van der Waals surface area (Å²) in [5.74, 6) is -0.209. The first-order valence-electron chi connectivity index (χ1n) is 19.7. The molecule has 0 saturated carbocycles. The molecule has 0 spiro atoms. The number of allylic oxidation sites excluding steroid dienone is 3. The maximum Gasteiger partial charge on any atom is 0.268 e. The van der Waals surface area contributed by atoms with E-state index in [2.05, 4.69) is 31.3 Å². The minimum Gasteiger partial charge on any atom is -0.756 e. The molecule has 284 valence electrons. The number of hydrogen-bond donors (Lipinski definition) is 2. The molecule has 0 heterocycles. The molecule has 9 heteroatoms. The molecule has 1 amide bonds. The van der Waals surface area contributed by atoms with E-state index < -0.39 is 20.0 Å². The Hall–Kier alpha value is -1.02. The maximum absolute atomic E-state index is 12.8. The van der Waals surface area contributed by atoms with Crippen LogP contribution in [0.3, 0.4) is 0 Å². The van der Waals surface area contributed by atoms with Crippen molar-refractivity contribution < 1.29 is 32.9 Å². The van der Waals surface area contributed by atoms with Crippen molar-refractivity contribution in [2.24, 2.45) is 0 Å². The van der Waals surface area contributed by atoms with Gasteiger partial charge in [-0.15, -0.1) is 0 Å². The summed E-state index contributed by atoms with van der Waals surface area (Å²) >= 11 is 0. The van der Waals surface area contributed by atoms with Crippen LogP contribution in [-0.2, 0) is 18.4 Å². The molecule has 3 atom stereocenters. The molecule has 0 aromatic carbocycles. The Morgan fingerprint density at radius 2 is 1.17 bits per heavy atom. The van der Waals surface area contributed by atoms with Crippen LogP contribution >= 0.6 is 7.82 Å². The molecule has 0 aromatic heterocycles. The Morgan fingerprint density at radius 3 is 1.69 bits per heavy atom. The van der Waals surface area contributed by atoms with Gasteiger partial charge in [0.05, 0.1) is 39.9 Å². The number of aliphatic hydroxyl groups is 1. The average Bonchev–Trinajstić information content (AvgIpc) is 3.02. The normalized spacial score (nSPS) is 14.9. The first-order valence-corrected chi connectivity index (χ1v) is 21.2. The summed E-state index contributed by atoms with van der Waals surface area (Å²) in [4.78, 5) is 25.1. The van der Waals surface area contributed by atoms with Crippen LogP contribution in [0.1, 0.15) is 168 Å². The van der Waals surface area contributed by atoms with Gasteiger partial charge in [0, 0.05) is 6.42 Å². The molecule has 8 nitrogen and oxygen atoms in total. The van der Waals surface area contributed by atoms with Crippen LogP contribution in [0.15, 0.2) is 24.3 Å². The van der Waals surface area contributed by atoms with Crippen molar-refractivity contribution in [2.45, 2.75) is 180 Å². The van der Waals surface area contributed by atoms with E-state index in [1.807, 2.05) is 27.2 Å². The minimum absolute atomic E-state index is 0.00468. The second-order valence-electron chi connectivity index (χ2n) is 14.6. The second-order valence-corrected chi connectivity index (χ2v) is 16.0. The van der Waals surface area contributed by atoms with E-state index >= 15 is 0 Å². The number of phosphoric ester groups is 1. The summed E-state index contributed by atoms with van der Waals surface area (Å²) in [6, 6.07) is -0.895. The van der Waals surface area contributed by atoms with E-state index in [-0.39, 0.29) is 19.1 Å². The molecule has 0 bridgehead atoms. The highest BCUT2D eigenvalue weighted by atomic mass is 31.2. The van der Waals surface area contributed by atoms with Gasteiger partial charge < -0.3 is 28.8 Å². The largest absolute Gasteiger partial charge is 0.756 e. The van der Waals surface area contributed by atoms with Gasteiger partial charge in [-0.2, -0.15) is 0 Å². The Bertz CT molecular complexity index is 845. The highest BCUT2D eigenvalue weighted by Gasteiger charge is 2.23. The van der Waals surface area contributed by atoms with Gasteiger partial charge in [0.1, 0.15) is 13.2 Å². The molecule has 0 aromatic rings. The van der Waals surface area contributed by atoms with Crippen molar-refractivity contribution in [2.75, 3.05) is 40.9 Å². The highest BCUT2D eigenvalue weighted by molar-refractivity contribution is 7.45. The zero-order valence-electron chi connectivity index (χ0n) is 31.9. The van der Waals surface area contributed by atoms with Crippen molar-refractivity contribution in [1.29, 1.82) is 0 Å². The van der Waals surface area contributed by atoms with Crippen molar-refractivity contribution in [3.8, 4) is 0 Å². The van der Waals surface area contributed by atoms with Gasteiger partial charge in [0.15, 0.2) is 0 Å². The molecule has 0 radical (unpaired) electrons. The van der Waals surface area contributed by atoms with E-state index in [9.17, 15) is 19.4 Å². The van der Waals surface area contributed by atoms with E-state index in [0.717, 1.165) is 38.5 Å². The van der Waals surface area contributed by atoms with E-state index in [4.69, 9.17) is 9.05 Å². The first kappa shape index (κ1) is 47.0. The Balaban J connectivity index is 4.56. The number of hydrogen-bond acceptors (Lipinski definition) is 6. The van der Waals surface area contributed by atoms with Gasteiger partial charge in [-0.3, -0.25) is 9.36 Å². The standard InChI is InChI=1S/C39H77N2O6P/c1-6-8-10-12-14-16-18-20-22-24-26-28-30-32-38(42)37(36-47-48(44,45)46-35-34-41(3,4)5)40-39(43)33-31-29-27-25-23-21-19-17-15-13-11-9-7-2/h22,24,30,32,37-38,42H,6-21,23,25-29,31,33-36H2,1-5H3,(H-,40,43,44,45)/b24-22+,32-30+/t37-,38+/m1/s1. The number of phosphoric acid groups is 1. The predicted molar refractivity (Wildman–Crippen MR) is 201 cm³/mol. The van der Waals surface area contributed by atoms with Crippen LogP contribution < -0.4 is 10.2 Å². The molecule has 0 rings (SSSR count). The van der Waals surface area contributed by atoms with Crippen molar-refractivity contribution in [3.63, 3.8) is 0 Å². The third-order valence-electron chi connectivity index (χ3n) is 8.66.